The molecule has 0 aromatic heterocycles. The standard InChI is InChI=1S/C16H25F2N/c1-4-9-19-15(8-5-12(2)3)10-13-6-7-14(17)11-16(13)18/h6-7,11-12,15,19H,4-5,8-10H2,1-3H3. The van der Waals surface area contributed by atoms with Crippen LogP contribution < -0.4 is 5.32 Å². The Morgan fingerprint density at radius 1 is 1.16 bits per heavy atom. The molecular weight excluding hydrogens is 244 g/mol. The third-order valence-electron chi connectivity index (χ3n) is 3.26. The van der Waals surface area contributed by atoms with Crippen LogP contribution in [0.15, 0.2) is 18.2 Å². The molecule has 1 rings (SSSR count). The van der Waals surface area contributed by atoms with Gasteiger partial charge in [0.25, 0.3) is 0 Å². The number of halogens is 2. The lowest BCUT2D eigenvalue weighted by atomic mass is 9.97. The van der Waals surface area contributed by atoms with E-state index in [9.17, 15) is 8.78 Å². The summed E-state index contributed by atoms with van der Waals surface area (Å²) in [4.78, 5) is 0. The van der Waals surface area contributed by atoms with Crippen molar-refractivity contribution in [2.24, 2.45) is 5.92 Å². The predicted octanol–water partition coefficient (Wildman–Crippen LogP) is 4.31. The van der Waals surface area contributed by atoms with Gasteiger partial charge in [-0.15, -0.1) is 0 Å². The first-order valence-electron chi connectivity index (χ1n) is 7.20. The highest BCUT2D eigenvalue weighted by Crippen LogP contribution is 2.15. The fourth-order valence-electron chi connectivity index (χ4n) is 2.11. The Labute approximate surface area is 115 Å². The molecule has 1 nitrogen and oxygen atoms in total. The van der Waals surface area contributed by atoms with E-state index in [0.29, 0.717) is 17.9 Å². The van der Waals surface area contributed by atoms with Gasteiger partial charge in [-0.3, -0.25) is 0 Å². The Bertz CT molecular complexity index is 377. The summed E-state index contributed by atoms with van der Waals surface area (Å²) < 4.78 is 26.5. The number of hydrogen-bond acceptors (Lipinski definition) is 1. The van der Waals surface area contributed by atoms with Gasteiger partial charge in [-0.2, -0.15) is 0 Å². The van der Waals surface area contributed by atoms with Crippen LogP contribution in [0.4, 0.5) is 8.78 Å². The number of benzene rings is 1. The Morgan fingerprint density at radius 3 is 2.47 bits per heavy atom. The molecule has 1 aromatic rings. The van der Waals surface area contributed by atoms with Gasteiger partial charge in [-0.1, -0.05) is 26.8 Å². The van der Waals surface area contributed by atoms with Crippen molar-refractivity contribution in [1.82, 2.24) is 5.32 Å². The quantitative estimate of drug-likeness (QED) is 0.741. The lowest BCUT2D eigenvalue weighted by Crippen LogP contribution is -2.32. The summed E-state index contributed by atoms with van der Waals surface area (Å²) in [6, 6.07) is 4.12. The Hall–Kier alpha value is -0.960. The molecule has 0 saturated heterocycles. The molecule has 1 atom stereocenters. The van der Waals surface area contributed by atoms with Crippen LogP contribution >= 0.6 is 0 Å². The zero-order valence-electron chi connectivity index (χ0n) is 12.2. The Morgan fingerprint density at radius 2 is 1.89 bits per heavy atom. The lowest BCUT2D eigenvalue weighted by Gasteiger charge is -2.20. The SMILES string of the molecule is CCCNC(CCC(C)C)Cc1ccc(F)cc1F. The van der Waals surface area contributed by atoms with Crippen molar-refractivity contribution < 1.29 is 8.78 Å². The highest BCUT2D eigenvalue weighted by molar-refractivity contribution is 5.19. The molecule has 0 fully saturated rings. The van der Waals surface area contributed by atoms with Crippen LogP contribution in [0.3, 0.4) is 0 Å². The summed E-state index contributed by atoms with van der Waals surface area (Å²) in [6.45, 7) is 7.43. The first-order chi connectivity index (χ1) is 9.02. The van der Waals surface area contributed by atoms with E-state index in [0.717, 1.165) is 31.9 Å². The van der Waals surface area contributed by atoms with Crippen LogP contribution in [-0.2, 0) is 6.42 Å². The molecule has 0 heterocycles. The average Bonchev–Trinajstić information content (AvgIpc) is 2.35. The topological polar surface area (TPSA) is 12.0 Å². The van der Waals surface area contributed by atoms with Crippen LogP contribution in [0, 0.1) is 17.6 Å². The fourth-order valence-corrected chi connectivity index (χ4v) is 2.11. The molecule has 19 heavy (non-hydrogen) atoms. The summed E-state index contributed by atoms with van der Waals surface area (Å²) in [5, 5.41) is 3.45. The van der Waals surface area contributed by atoms with Gasteiger partial charge >= 0.3 is 0 Å². The molecule has 1 aromatic carbocycles. The van der Waals surface area contributed by atoms with Crippen LogP contribution in [-0.4, -0.2) is 12.6 Å². The Balaban J connectivity index is 2.63. The van der Waals surface area contributed by atoms with Gasteiger partial charge in [-0.25, -0.2) is 8.78 Å². The van der Waals surface area contributed by atoms with E-state index in [1.54, 1.807) is 6.07 Å². The fraction of sp³-hybridized carbons (Fsp3) is 0.625. The number of hydrogen-bond donors (Lipinski definition) is 1. The Kier molecular flexibility index (Phi) is 7.00. The maximum atomic E-state index is 13.7. The van der Waals surface area contributed by atoms with Gasteiger partial charge in [0, 0.05) is 12.1 Å². The summed E-state index contributed by atoms with van der Waals surface area (Å²) in [7, 11) is 0. The maximum Gasteiger partial charge on any atom is 0.129 e. The van der Waals surface area contributed by atoms with Crippen molar-refractivity contribution in [3.8, 4) is 0 Å². The minimum absolute atomic E-state index is 0.266. The van der Waals surface area contributed by atoms with Gasteiger partial charge in [0.15, 0.2) is 0 Å². The van der Waals surface area contributed by atoms with Crippen molar-refractivity contribution >= 4 is 0 Å². The van der Waals surface area contributed by atoms with Crippen molar-refractivity contribution in [3.63, 3.8) is 0 Å². The minimum Gasteiger partial charge on any atom is -0.314 e. The van der Waals surface area contributed by atoms with Crippen molar-refractivity contribution in [2.45, 2.75) is 52.5 Å². The van der Waals surface area contributed by atoms with Crippen molar-refractivity contribution in [3.05, 3.63) is 35.4 Å². The van der Waals surface area contributed by atoms with Crippen molar-refractivity contribution in [2.75, 3.05) is 6.54 Å². The van der Waals surface area contributed by atoms with Crippen molar-refractivity contribution in [1.29, 1.82) is 0 Å². The third kappa shape index (κ3) is 6.15. The molecule has 0 aliphatic heterocycles. The molecule has 0 radical (unpaired) electrons. The van der Waals surface area contributed by atoms with Gasteiger partial charge < -0.3 is 5.32 Å². The average molecular weight is 269 g/mol. The van der Waals surface area contributed by atoms with Crippen LogP contribution in [0.2, 0.25) is 0 Å². The van der Waals surface area contributed by atoms with Crippen LogP contribution in [0.25, 0.3) is 0 Å². The van der Waals surface area contributed by atoms with Gasteiger partial charge in [0.05, 0.1) is 0 Å². The second-order valence-electron chi connectivity index (χ2n) is 5.56. The van der Waals surface area contributed by atoms with E-state index in [1.165, 1.54) is 6.07 Å². The molecule has 0 saturated carbocycles. The smallest absolute Gasteiger partial charge is 0.129 e. The minimum atomic E-state index is -0.513. The number of rotatable bonds is 8. The van der Waals surface area contributed by atoms with Gasteiger partial charge in [0.1, 0.15) is 11.6 Å². The van der Waals surface area contributed by atoms with Crippen LogP contribution in [0.1, 0.15) is 45.6 Å². The first kappa shape index (κ1) is 16.1. The summed E-state index contributed by atoms with van der Waals surface area (Å²) >= 11 is 0. The van der Waals surface area contributed by atoms with E-state index < -0.39 is 11.6 Å². The summed E-state index contributed by atoms with van der Waals surface area (Å²) in [5.41, 5.74) is 0.596. The molecule has 0 spiro atoms. The van der Waals surface area contributed by atoms with Gasteiger partial charge in [0.2, 0.25) is 0 Å². The highest BCUT2D eigenvalue weighted by Gasteiger charge is 2.13. The lowest BCUT2D eigenvalue weighted by molar-refractivity contribution is 0.422. The highest BCUT2D eigenvalue weighted by atomic mass is 19.1. The third-order valence-corrected chi connectivity index (χ3v) is 3.26. The molecule has 1 N–H and O–H groups in total. The predicted molar refractivity (Wildman–Crippen MR) is 76.2 cm³/mol. The molecule has 0 aliphatic rings. The monoisotopic (exact) mass is 269 g/mol. The first-order valence-corrected chi connectivity index (χ1v) is 7.20. The molecule has 0 bridgehead atoms. The molecule has 0 aliphatic carbocycles. The van der Waals surface area contributed by atoms with E-state index in [2.05, 4.69) is 26.1 Å². The molecule has 108 valence electrons. The maximum absolute atomic E-state index is 13.7. The number of nitrogens with one attached hydrogen (secondary N) is 1. The summed E-state index contributed by atoms with van der Waals surface area (Å²) in [6.07, 6.45) is 3.82. The largest absolute Gasteiger partial charge is 0.314 e. The summed E-state index contributed by atoms with van der Waals surface area (Å²) in [5.74, 6) is -0.307. The molecule has 0 amide bonds. The zero-order chi connectivity index (χ0) is 14.3. The second kappa shape index (κ2) is 8.26. The second-order valence-corrected chi connectivity index (χ2v) is 5.56. The van der Waals surface area contributed by atoms with Gasteiger partial charge in [-0.05, 0) is 49.8 Å². The molecule has 3 heteroatoms. The van der Waals surface area contributed by atoms with E-state index in [4.69, 9.17) is 0 Å². The zero-order valence-corrected chi connectivity index (χ0v) is 12.2. The van der Waals surface area contributed by atoms with E-state index in [1.807, 2.05) is 0 Å². The molecule has 1 unspecified atom stereocenters. The van der Waals surface area contributed by atoms with E-state index >= 15 is 0 Å². The van der Waals surface area contributed by atoms with E-state index in [-0.39, 0.29) is 6.04 Å². The van der Waals surface area contributed by atoms with Crippen LogP contribution in [0.5, 0.6) is 0 Å². The molecular formula is C16H25F2N. The normalized spacial score (nSPS) is 12.9.